The number of hydrogen-bond acceptors (Lipinski definition) is 3. The molecule has 0 bridgehead atoms. The maximum atomic E-state index is 12.4. The van der Waals surface area contributed by atoms with Crippen molar-refractivity contribution in [2.24, 2.45) is 0 Å². The topological polar surface area (TPSA) is 61.4 Å². The molecular formula is C23H29BNO3+. The van der Waals surface area contributed by atoms with Crippen molar-refractivity contribution in [3.05, 3.63) is 84.2 Å². The lowest BCUT2D eigenvalue weighted by atomic mass is 9.77. The SMILES string of the molecule is C=C(C)C(=C)CCCCCC(=O)c1cc[n+](Cc2ccccc2B(O)O)cc1. The van der Waals surface area contributed by atoms with Gasteiger partial charge >= 0.3 is 7.12 Å². The van der Waals surface area contributed by atoms with Crippen LogP contribution in [0.1, 0.15) is 54.9 Å². The number of aromatic nitrogens is 1. The number of allylic oxidation sites excluding steroid dienone is 2. The summed E-state index contributed by atoms with van der Waals surface area (Å²) in [4.78, 5) is 12.4. The van der Waals surface area contributed by atoms with Gasteiger partial charge in [0.2, 0.25) is 0 Å². The summed E-state index contributed by atoms with van der Waals surface area (Å²) in [6, 6.07) is 10.9. The van der Waals surface area contributed by atoms with E-state index in [1.807, 2.05) is 48.1 Å². The average molecular weight is 378 g/mol. The minimum Gasteiger partial charge on any atom is -0.423 e. The number of carbonyl (C=O) groups is 1. The Bertz CT molecular complexity index is 828. The number of Topliss-reactive ketones (excluding diaryl/α,β-unsaturated/α-hetero) is 1. The molecule has 28 heavy (non-hydrogen) atoms. The fourth-order valence-electron chi connectivity index (χ4n) is 3.03. The van der Waals surface area contributed by atoms with Crippen LogP contribution in [0.3, 0.4) is 0 Å². The number of pyridine rings is 1. The molecule has 2 rings (SSSR count). The van der Waals surface area contributed by atoms with Crippen molar-refractivity contribution in [1.29, 1.82) is 0 Å². The van der Waals surface area contributed by atoms with Crippen molar-refractivity contribution in [2.45, 2.75) is 45.6 Å². The van der Waals surface area contributed by atoms with Gasteiger partial charge in [-0.05, 0) is 31.6 Å². The summed E-state index contributed by atoms with van der Waals surface area (Å²) in [7, 11) is -1.50. The number of benzene rings is 1. The predicted molar refractivity (Wildman–Crippen MR) is 113 cm³/mol. The third-order valence-corrected chi connectivity index (χ3v) is 4.89. The van der Waals surface area contributed by atoms with E-state index < -0.39 is 7.12 Å². The molecule has 0 fully saturated rings. The number of hydrogen-bond donors (Lipinski definition) is 2. The molecule has 5 heteroatoms. The Morgan fingerprint density at radius 3 is 2.29 bits per heavy atom. The molecule has 0 aliphatic carbocycles. The fourth-order valence-corrected chi connectivity index (χ4v) is 3.03. The Morgan fingerprint density at radius 2 is 1.64 bits per heavy atom. The molecule has 0 unspecified atom stereocenters. The molecule has 0 amide bonds. The second-order valence-electron chi connectivity index (χ2n) is 7.20. The minimum absolute atomic E-state index is 0.150. The van der Waals surface area contributed by atoms with Crippen LogP contribution in [0.5, 0.6) is 0 Å². The van der Waals surface area contributed by atoms with Crippen LogP contribution in [-0.2, 0) is 6.54 Å². The molecular weight excluding hydrogens is 349 g/mol. The van der Waals surface area contributed by atoms with Crippen molar-refractivity contribution in [2.75, 3.05) is 0 Å². The van der Waals surface area contributed by atoms with Gasteiger partial charge in [0.1, 0.15) is 0 Å². The lowest BCUT2D eigenvalue weighted by molar-refractivity contribution is -0.688. The lowest BCUT2D eigenvalue weighted by Crippen LogP contribution is -2.40. The number of unbranched alkanes of at least 4 members (excludes halogenated alkanes) is 2. The highest BCUT2D eigenvalue weighted by atomic mass is 16.4. The van der Waals surface area contributed by atoms with Gasteiger partial charge in [0.05, 0.1) is 0 Å². The highest BCUT2D eigenvalue weighted by Crippen LogP contribution is 2.15. The molecule has 0 aliphatic heterocycles. The van der Waals surface area contributed by atoms with Crippen molar-refractivity contribution in [1.82, 2.24) is 0 Å². The van der Waals surface area contributed by atoms with Crippen molar-refractivity contribution in [3.63, 3.8) is 0 Å². The first-order valence-electron chi connectivity index (χ1n) is 9.68. The van der Waals surface area contributed by atoms with E-state index in [9.17, 15) is 14.8 Å². The number of carbonyl (C=O) groups excluding carboxylic acids is 1. The lowest BCUT2D eigenvalue weighted by Gasteiger charge is -2.06. The third kappa shape index (κ3) is 6.59. The smallest absolute Gasteiger partial charge is 0.423 e. The van der Waals surface area contributed by atoms with Crippen LogP contribution in [-0.4, -0.2) is 22.9 Å². The second-order valence-corrected chi connectivity index (χ2v) is 7.20. The summed E-state index contributed by atoms with van der Waals surface area (Å²) in [5.41, 5.74) is 4.15. The Kier molecular flexibility index (Phi) is 8.36. The van der Waals surface area contributed by atoms with E-state index in [1.54, 1.807) is 12.1 Å². The number of nitrogens with zero attached hydrogens (tertiary/aromatic N) is 1. The monoisotopic (exact) mass is 378 g/mol. The molecule has 0 radical (unpaired) electrons. The Hall–Kier alpha value is -2.50. The largest absolute Gasteiger partial charge is 0.488 e. The average Bonchev–Trinajstić information content (AvgIpc) is 2.68. The molecule has 0 aliphatic rings. The Labute approximate surface area is 168 Å². The van der Waals surface area contributed by atoms with Crippen LogP contribution >= 0.6 is 0 Å². The number of ketones is 1. The van der Waals surface area contributed by atoms with Gasteiger partial charge in [-0.1, -0.05) is 55.0 Å². The van der Waals surface area contributed by atoms with Gasteiger partial charge in [-0.25, -0.2) is 4.57 Å². The summed E-state index contributed by atoms with van der Waals surface area (Å²) in [5, 5.41) is 18.9. The molecule has 1 heterocycles. The van der Waals surface area contributed by atoms with Gasteiger partial charge in [-0.3, -0.25) is 4.79 Å². The van der Waals surface area contributed by atoms with Gasteiger partial charge in [-0.15, -0.1) is 0 Å². The third-order valence-electron chi connectivity index (χ3n) is 4.89. The van der Waals surface area contributed by atoms with Gasteiger partial charge in [0.25, 0.3) is 0 Å². The van der Waals surface area contributed by atoms with E-state index in [0.29, 0.717) is 24.0 Å². The highest BCUT2D eigenvalue weighted by molar-refractivity contribution is 6.59. The Morgan fingerprint density at radius 1 is 1.00 bits per heavy atom. The quantitative estimate of drug-likeness (QED) is 0.208. The first-order chi connectivity index (χ1) is 13.4. The molecule has 2 N–H and O–H groups in total. The molecule has 1 aromatic heterocycles. The van der Waals surface area contributed by atoms with Gasteiger partial charge in [0, 0.05) is 29.7 Å². The summed E-state index contributed by atoms with van der Waals surface area (Å²) in [5.74, 6) is 0.150. The van der Waals surface area contributed by atoms with Crippen LogP contribution in [0.2, 0.25) is 0 Å². The van der Waals surface area contributed by atoms with Gasteiger partial charge in [-0.2, -0.15) is 0 Å². The van der Waals surface area contributed by atoms with Crippen LogP contribution in [0.25, 0.3) is 0 Å². The zero-order valence-electron chi connectivity index (χ0n) is 16.6. The minimum atomic E-state index is -1.50. The molecule has 0 saturated carbocycles. The van der Waals surface area contributed by atoms with Crippen LogP contribution in [0.4, 0.5) is 0 Å². The van der Waals surface area contributed by atoms with E-state index in [4.69, 9.17) is 0 Å². The molecule has 0 saturated heterocycles. The zero-order chi connectivity index (χ0) is 20.5. The molecule has 1 aromatic carbocycles. The Balaban J connectivity index is 1.84. The van der Waals surface area contributed by atoms with E-state index in [1.165, 1.54) is 0 Å². The van der Waals surface area contributed by atoms with Crippen molar-refractivity contribution >= 4 is 18.4 Å². The maximum absolute atomic E-state index is 12.4. The van der Waals surface area contributed by atoms with Crippen molar-refractivity contribution in [3.8, 4) is 0 Å². The van der Waals surface area contributed by atoms with E-state index in [-0.39, 0.29) is 5.78 Å². The summed E-state index contributed by atoms with van der Waals surface area (Å²) < 4.78 is 1.92. The summed E-state index contributed by atoms with van der Waals surface area (Å²) >= 11 is 0. The molecule has 0 atom stereocenters. The fraction of sp³-hybridized carbons (Fsp3) is 0.304. The second kappa shape index (κ2) is 10.7. The van der Waals surface area contributed by atoms with Crippen LogP contribution in [0.15, 0.2) is 73.1 Å². The normalized spacial score (nSPS) is 10.5. The van der Waals surface area contributed by atoms with Crippen LogP contribution < -0.4 is 10.0 Å². The molecule has 146 valence electrons. The zero-order valence-corrected chi connectivity index (χ0v) is 16.6. The van der Waals surface area contributed by atoms with Gasteiger partial charge < -0.3 is 10.0 Å². The predicted octanol–water partition coefficient (Wildman–Crippen LogP) is 2.97. The summed E-state index contributed by atoms with van der Waals surface area (Å²) in [6.45, 7) is 10.4. The summed E-state index contributed by atoms with van der Waals surface area (Å²) in [6.07, 6.45) is 8.10. The van der Waals surface area contributed by atoms with E-state index in [2.05, 4.69) is 13.2 Å². The highest BCUT2D eigenvalue weighted by Gasteiger charge is 2.17. The maximum Gasteiger partial charge on any atom is 0.488 e. The molecule has 0 spiro atoms. The standard InChI is InChI=1S/C23H29BNO3/c1-18(2)19(3)9-5-4-6-12-23(26)20-13-15-25(16-14-20)17-21-10-7-8-11-22(21)24(27)28/h7-8,10-11,13-16,27-28H,1,3-6,9,12,17H2,2H3/q+1. The number of rotatable bonds is 11. The van der Waals surface area contributed by atoms with Gasteiger partial charge in [0.15, 0.2) is 24.7 Å². The first-order valence-corrected chi connectivity index (χ1v) is 9.68. The van der Waals surface area contributed by atoms with E-state index >= 15 is 0 Å². The van der Waals surface area contributed by atoms with E-state index in [0.717, 1.165) is 42.4 Å². The van der Waals surface area contributed by atoms with Crippen molar-refractivity contribution < 1.29 is 19.4 Å². The molecule has 4 nitrogen and oxygen atoms in total. The first kappa shape index (κ1) is 21.8. The van der Waals surface area contributed by atoms with Crippen LogP contribution in [0, 0.1) is 0 Å². The molecule has 2 aromatic rings.